The molecule has 21 heavy (non-hydrogen) atoms. The van der Waals surface area contributed by atoms with Crippen LogP contribution in [-0.2, 0) is 0 Å². The third-order valence-electron chi connectivity index (χ3n) is 3.21. The molecule has 0 aliphatic heterocycles. The van der Waals surface area contributed by atoms with Gasteiger partial charge in [0.2, 0.25) is 0 Å². The lowest BCUT2D eigenvalue weighted by atomic mass is 10.1. The van der Waals surface area contributed by atoms with E-state index in [0.717, 1.165) is 5.56 Å². The molecule has 1 aromatic carbocycles. The highest BCUT2D eigenvalue weighted by Gasteiger charge is 2.14. The Hall–Kier alpha value is -2.76. The molecule has 1 atom stereocenters. The Morgan fingerprint density at radius 1 is 1.33 bits per heavy atom. The molecule has 0 spiro atoms. The van der Waals surface area contributed by atoms with Crippen molar-refractivity contribution in [3.8, 4) is 0 Å². The predicted molar refractivity (Wildman–Crippen MR) is 75.3 cm³/mol. The van der Waals surface area contributed by atoms with Crippen LogP contribution < -0.4 is 5.32 Å². The number of fused-ring (bicyclic) bond motifs is 1. The quantitative estimate of drug-likeness (QED) is 0.803. The van der Waals surface area contributed by atoms with Crippen molar-refractivity contribution in [2.75, 3.05) is 0 Å². The Morgan fingerprint density at radius 3 is 2.81 bits per heavy atom. The summed E-state index contributed by atoms with van der Waals surface area (Å²) in [7, 11) is 0. The molecule has 5 nitrogen and oxygen atoms in total. The fourth-order valence-electron chi connectivity index (χ4n) is 2.06. The van der Waals surface area contributed by atoms with Crippen LogP contribution in [0.25, 0.3) is 5.65 Å². The molecule has 1 amide bonds. The number of nitrogens with zero attached hydrogens (tertiary/aromatic N) is 3. The van der Waals surface area contributed by atoms with Crippen LogP contribution in [0.3, 0.4) is 0 Å². The minimum absolute atomic E-state index is 0.235. The minimum atomic E-state index is -0.301. The number of carbonyl (C=O) groups excluding carboxylic acids is 1. The lowest BCUT2D eigenvalue weighted by molar-refractivity contribution is 0.0935. The van der Waals surface area contributed by atoms with E-state index in [4.69, 9.17) is 0 Å². The van der Waals surface area contributed by atoms with E-state index < -0.39 is 0 Å². The molecule has 2 heterocycles. The molecular weight excluding hydrogens is 271 g/mol. The van der Waals surface area contributed by atoms with Crippen molar-refractivity contribution in [2.24, 2.45) is 0 Å². The number of benzene rings is 1. The van der Waals surface area contributed by atoms with Crippen LogP contribution >= 0.6 is 0 Å². The summed E-state index contributed by atoms with van der Waals surface area (Å²) in [6.07, 6.45) is 6.57. The maximum Gasteiger partial charge on any atom is 0.271 e. The second-order valence-corrected chi connectivity index (χ2v) is 4.71. The maximum absolute atomic E-state index is 12.9. The molecule has 6 heteroatoms. The molecule has 0 radical (unpaired) electrons. The van der Waals surface area contributed by atoms with Crippen LogP contribution in [0.1, 0.15) is 29.0 Å². The average molecular weight is 284 g/mol. The molecule has 3 rings (SSSR count). The van der Waals surface area contributed by atoms with Crippen LogP contribution in [0.5, 0.6) is 0 Å². The fourth-order valence-corrected chi connectivity index (χ4v) is 2.06. The number of carbonyl (C=O) groups is 1. The van der Waals surface area contributed by atoms with Gasteiger partial charge in [-0.2, -0.15) is 0 Å². The minimum Gasteiger partial charge on any atom is -0.344 e. The summed E-state index contributed by atoms with van der Waals surface area (Å²) < 4.78 is 14.6. The molecule has 3 aromatic rings. The Labute approximate surface area is 120 Å². The topological polar surface area (TPSA) is 59.3 Å². The highest BCUT2D eigenvalue weighted by molar-refractivity contribution is 5.93. The van der Waals surface area contributed by atoms with Gasteiger partial charge in [0.05, 0.1) is 12.2 Å². The van der Waals surface area contributed by atoms with Crippen molar-refractivity contribution >= 4 is 11.6 Å². The van der Waals surface area contributed by atoms with Crippen LogP contribution in [0.15, 0.2) is 49.1 Å². The molecule has 0 saturated heterocycles. The zero-order valence-electron chi connectivity index (χ0n) is 11.3. The molecule has 0 fully saturated rings. The highest BCUT2D eigenvalue weighted by Crippen LogP contribution is 2.13. The lowest BCUT2D eigenvalue weighted by Crippen LogP contribution is -2.26. The molecule has 106 valence electrons. The van der Waals surface area contributed by atoms with E-state index in [9.17, 15) is 9.18 Å². The second-order valence-electron chi connectivity index (χ2n) is 4.71. The molecule has 1 N–H and O–H groups in total. The van der Waals surface area contributed by atoms with E-state index in [1.807, 2.05) is 6.92 Å². The molecule has 2 aromatic heterocycles. The van der Waals surface area contributed by atoms with E-state index >= 15 is 0 Å². The normalized spacial score (nSPS) is 12.3. The van der Waals surface area contributed by atoms with E-state index in [-0.39, 0.29) is 17.8 Å². The first-order valence-electron chi connectivity index (χ1n) is 6.48. The predicted octanol–water partition coefficient (Wildman–Crippen LogP) is 2.36. The van der Waals surface area contributed by atoms with Gasteiger partial charge in [0, 0.05) is 18.6 Å². The third-order valence-corrected chi connectivity index (χ3v) is 3.21. The highest BCUT2D eigenvalue weighted by atomic mass is 19.1. The summed E-state index contributed by atoms with van der Waals surface area (Å²) >= 11 is 0. The second kappa shape index (κ2) is 5.32. The molecule has 0 unspecified atom stereocenters. The summed E-state index contributed by atoms with van der Waals surface area (Å²) in [5.74, 6) is -0.583. The number of rotatable bonds is 3. The van der Waals surface area contributed by atoms with Gasteiger partial charge in [0.15, 0.2) is 5.65 Å². The fraction of sp³-hybridized carbons (Fsp3) is 0.133. The summed E-state index contributed by atoms with van der Waals surface area (Å²) in [6, 6.07) is 5.80. The summed E-state index contributed by atoms with van der Waals surface area (Å²) in [5.41, 5.74) is 1.75. The molecule has 0 aliphatic carbocycles. The number of nitrogens with one attached hydrogen (secondary N) is 1. The zero-order chi connectivity index (χ0) is 14.8. The van der Waals surface area contributed by atoms with Crippen molar-refractivity contribution in [2.45, 2.75) is 13.0 Å². The maximum atomic E-state index is 12.9. The van der Waals surface area contributed by atoms with E-state index in [0.29, 0.717) is 11.3 Å². The van der Waals surface area contributed by atoms with Crippen LogP contribution in [-0.4, -0.2) is 20.3 Å². The van der Waals surface area contributed by atoms with Gasteiger partial charge in [-0.25, -0.2) is 9.37 Å². The standard InChI is InChI=1S/C15H13FN4O/c1-10(11-2-4-12(16)5-3-11)18-15(21)13-9-20-7-6-17-8-14(20)19-13/h2-10H,1H3,(H,18,21)/t10-/m0/s1. The van der Waals surface area contributed by atoms with Gasteiger partial charge in [0.25, 0.3) is 5.91 Å². The van der Waals surface area contributed by atoms with Gasteiger partial charge in [-0.3, -0.25) is 9.78 Å². The van der Waals surface area contributed by atoms with Gasteiger partial charge in [0.1, 0.15) is 11.5 Å². The number of amides is 1. The van der Waals surface area contributed by atoms with Crippen molar-refractivity contribution in [1.82, 2.24) is 19.7 Å². The van der Waals surface area contributed by atoms with Crippen LogP contribution in [0.4, 0.5) is 4.39 Å². The van der Waals surface area contributed by atoms with E-state index in [1.165, 1.54) is 12.1 Å². The molecule has 0 saturated carbocycles. The van der Waals surface area contributed by atoms with E-state index in [1.54, 1.807) is 41.3 Å². The average Bonchev–Trinajstić information content (AvgIpc) is 2.92. The third kappa shape index (κ3) is 2.74. The Balaban J connectivity index is 1.77. The number of aromatic nitrogens is 3. The summed E-state index contributed by atoms with van der Waals surface area (Å²) in [6.45, 7) is 1.84. The van der Waals surface area contributed by atoms with Crippen LogP contribution in [0, 0.1) is 5.82 Å². The summed E-state index contributed by atoms with van der Waals surface area (Å²) in [4.78, 5) is 20.3. The Bertz CT molecular complexity index is 749. The molecule has 0 bridgehead atoms. The number of imidazole rings is 1. The first kappa shape index (κ1) is 13.2. The SMILES string of the molecule is C[C@H](NC(=O)c1cn2ccncc2n1)c1ccc(F)cc1. The van der Waals surface area contributed by atoms with Crippen molar-refractivity contribution < 1.29 is 9.18 Å². The monoisotopic (exact) mass is 284 g/mol. The number of halogens is 1. The number of hydrogen-bond donors (Lipinski definition) is 1. The van der Waals surface area contributed by atoms with Gasteiger partial charge >= 0.3 is 0 Å². The molecular formula is C15H13FN4O. The largest absolute Gasteiger partial charge is 0.344 e. The summed E-state index contributed by atoms with van der Waals surface area (Å²) in [5, 5.41) is 2.84. The molecule has 0 aliphatic rings. The van der Waals surface area contributed by atoms with Gasteiger partial charge in [-0.1, -0.05) is 12.1 Å². The van der Waals surface area contributed by atoms with Gasteiger partial charge < -0.3 is 9.72 Å². The first-order chi connectivity index (χ1) is 10.1. The van der Waals surface area contributed by atoms with Crippen molar-refractivity contribution in [3.63, 3.8) is 0 Å². The van der Waals surface area contributed by atoms with E-state index in [2.05, 4.69) is 15.3 Å². The van der Waals surface area contributed by atoms with Gasteiger partial charge in [-0.05, 0) is 24.6 Å². The van der Waals surface area contributed by atoms with Gasteiger partial charge in [-0.15, -0.1) is 0 Å². The lowest BCUT2D eigenvalue weighted by Gasteiger charge is -2.13. The van der Waals surface area contributed by atoms with Crippen LogP contribution in [0.2, 0.25) is 0 Å². The first-order valence-corrected chi connectivity index (χ1v) is 6.48. The number of hydrogen-bond acceptors (Lipinski definition) is 3. The smallest absolute Gasteiger partial charge is 0.271 e. The van der Waals surface area contributed by atoms with Crippen molar-refractivity contribution in [1.29, 1.82) is 0 Å². The van der Waals surface area contributed by atoms with Crippen molar-refractivity contribution in [3.05, 3.63) is 66.1 Å². The zero-order valence-corrected chi connectivity index (χ0v) is 11.3. The Morgan fingerprint density at radius 2 is 2.10 bits per heavy atom. The Kier molecular flexibility index (Phi) is 3.35.